The molecule has 0 heterocycles. The van der Waals surface area contributed by atoms with E-state index >= 15 is 0 Å². The summed E-state index contributed by atoms with van der Waals surface area (Å²) in [6, 6.07) is 0. The molecule has 0 aliphatic heterocycles. The highest BCUT2D eigenvalue weighted by Gasteiger charge is 1.99. The topological polar surface area (TPSA) is 9.23 Å². The SMILES string of the molecule is C=C/C=C(/F)C(=C)OCF. The average Bonchev–Trinajstić information content (AvgIpc) is 1.89. The van der Waals surface area contributed by atoms with E-state index in [4.69, 9.17) is 0 Å². The van der Waals surface area contributed by atoms with Crippen LogP contribution in [0, 0.1) is 0 Å². The van der Waals surface area contributed by atoms with E-state index in [1.165, 1.54) is 6.08 Å². The molecule has 0 saturated heterocycles. The first kappa shape index (κ1) is 8.88. The van der Waals surface area contributed by atoms with Gasteiger partial charge in [0.1, 0.15) is 0 Å². The van der Waals surface area contributed by atoms with Gasteiger partial charge in [0.15, 0.2) is 11.6 Å². The third-order valence-corrected chi connectivity index (χ3v) is 0.759. The summed E-state index contributed by atoms with van der Waals surface area (Å²) in [4.78, 5) is 0. The monoisotopic (exact) mass is 146 g/mol. The maximum absolute atomic E-state index is 12.4. The maximum Gasteiger partial charge on any atom is 0.228 e. The van der Waals surface area contributed by atoms with Crippen molar-refractivity contribution in [3.8, 4) is 0 Å². The molecule has 10 heavy (non-hydrogen) atoms. The van der Waals surface area contributed by atoms with E-state index in [-0.39, 0.29) is 5.76 Å². The van der Waals surface area contributed by atoms with Gasteiger partial charge in [-0.05, 0) is 6.08 Å². The van der Waals surface area contributed by atoms with Crippen molar-refractivity contribution >= 4 is 0 Å². The highest BCUT2D eigenvalue weighted by Crippen LogP contribution is 2.09. The number of rotatable bonds is 4. The highest BCUT2D eigenvalue weighted by atomic mass is 19.1. The molecular weight excluding hydrogens is 138 g/mol. The molecule has 0 atom stereocenters. The van der Waals surface area contributed by atoms with Crippen LogP contribution in [0.2, 0.25) is 0 Å². The van der Waals surface area contributed by atoms with E-state index in [0.29, 0.717) is 0 Å². The van der Waals surface area contributed by atoms with Crippen molar-refractivity contribution in [3.05, 3.63) is 36.9 Å². The van der Waals surface area contributed by atoms with Gasteiger partial charge < -0.3 is 4.74 Å². The first-order valence-electron chi connectivity index (χ1n) is 2.58. The van der Waals surface area contributed by atoms with Crippen LogP contribution in [0.4, 0.5) is 8.78 Å². The van der Waals surface area contributed by atoms with Gasteiger partial charge in [-0.3, -0.25) is 0 Å². The molecule has 0 aliphatic rings. The lowest BCUT2D eigenvalue weighted by molar-refractivity contribution is 0.116. The number of alkyl halides is 1. The predicted molar refractivity (Wildman–Crippen MR) is 35.6 cm³/mol. The highest BCUT2D eigenvalue weighted by molar-refractivity contribution is 5.19. The molecule has 0 aromatic carbocycles. The summed E-state index contributed by atoms with van der Waals surface area (Å²) in [7, 11) is 0. The first-order valence-corrected chi connectivity index (χ1v) is 2.58. The van der Waals surface area contributed by atoms with Gasteiger partial charge in [-0.15, -0.1) is 0 Å². The molecule has 1 nitrogen and oxygen atoms in total. The number of allylic oxidation sites excluding steroid dienone is 3. The lowest BCUT2D eigenvalue weighted by atomic mass is 10.4. The number of halogens is 2. The van der Waals surface area contributed by atoms with E-state index < -0.39 is 12.7 Å². The third kappa shape index (κ3) is 3.02. The second-order valence-corrected chi connectivity index (χ2v) is 1.43. The van der Waals surface area contributed by atoms with Crippen LogP contribution in [0.5, 0.6) is 0 Å². The fraction of sp³-hybridized carbons (Fsp3) is 0.143. The van der Waals surface area contributed by atoms with Crippen molar-refractivity contribution in [2.24, 2.45) is 0 Å². The summed E-state index contributed by atoms with van der Waals surface area (Å²) in [5, 5.41) is 0. The zero-order chi connectivity index (χ0) is 7.98. The van der Waals surface area contributed by atoms with Gasteiger partial charge >= 0.3 is 0 Å². The summed E-state index contributed by atoms with van der Waals surface area (Å²) >= 11 is 0. The molecule has 0 aromatic heterocycles. The number of hydrogen-bond donors (Lipinski definition) is 0. The van der Waals surface area contributed by atoms with E-state index in [1.54, 1.807) is 0 Å². The summed E-state index contributed by atoms with van der Waals surface area (Å²) in [6.45, 7) is 5.27. The Labute approximate surface area is 58.3 Å². The first-order chi connectivity index (χ1) is 4.72. The zero-order valence-corrected chi connectivity index (χ0v) is 5.44. The molecule has 0 aliphatic carbocycles. The summed E-state index contributed by atoms with van der Waals surface area (Å²) < 4.78 is 27.8. The van der Waals surface area contributed by atoms with Crippen molar-refractivity contribution in [3.63, 3.8) is 0 Å². The Morgan fingerprint density at radius 2 is 2.20 bits per heavy atom. The molecule has 0 N–H and O–H groups in total. The van der Waals surface area contributed by atoms with Crippen LogP contribution >= 0.6 is 0 Å². The fourth-order valence-corrected chi connectivity index (χ4v) is 0.331. The molecular formula is C7H8F2O. The summed E-state index contributed by atoms with van der Waals surface area (Å²) in [5.74, 6) is -1.03. The van der Waals surface area contributed by atoms with Crippen LogP contribution in [0.15, 0.2) is 36.9 Å². The van der Waals surface area contributed by atoms with Crippen molar-refractivity contribution in [2.45, 2.75) is 0 Å². The van der Waals surface area contributed by atoms with Gasteiger partial charge in [0, 0.05) is 0 Å². The molecule has 0 rings (SSSR count). The Hall–Kier alpha value is -1.12. The Bertz CT molecular complexity index is 161. The molecule has 0 spiro atoms. The molecule has 0 fully saturated rings. The van der Waals surface area contributed by atoms with Gasteiger partial charge in [-0.1, -0.05) is 19.2 Å². The van der Waals surface area contributed by atoms with E-state index in [0.717, 1.165) is 6.08 Å². The van der Waals surface area contributed by atoms with Gasteiger partial charge in [0.2, 0.25) is 6.86 Å². The lowest BCUT2D eigenvalue weighted by Gasteiger charge is -1.99. The summed E-state index contributed by atoms with van der Waals surface area (Å²) in [6.07, 6.45) is 2.26. The average molecular weight is 146 g/mol. The maximum atomic E-state index is 12.4. The molecule has 3 heteroatoms. The van der Waals surface area contributed by atoms with Gasteiger partial charge in [-0.2, -0.15) is 0 Å². The minimum atomic E-state index is -1.07. The van der Waals surface area contributed by atoms with E-state index in [9.17, 15) is 8.78 Å². The van der Waals surface area contributed by atoms with Crippen molar-refractivity contribution < 1.29 is 13.5 Å². The van der Waals surface area contributed by atoms with Crippen LogP contribution in [0.1, 0.15) is 0 Å². The van der Waals surface area contributed by atoms with E-state index in [1.807, 2.05) is 0 Å². The second-order valence-electron chi connectivity index (χ2n) is 1.43. The van der Waals surface area contributed by atoms with Gasteiger partial charge in [0.25, 0.3) is 0 Å². The third-order valence-electron chi connectivity index (χ3n) is 0.759. The van der Waals surface area contributed by atoms with Crippen LogP contribution in [0.3, 0.4) is 0 Å². The minimum Gasteiger partial charge on any atom is -0.460 e. The lowest BCUT2D eigenvalue weighted by Crippen LogP contribution is -1.88. The fourth-order valence-electron chi connectivity index (χ4n) is 0.331. The van der Waals surface area contributed by atoms with Crippen molar-refractivity contribution in [1.29, 1.82) is 0 Å². The molecule has 0 unspecified atom stereocenters. The largest absolute Gasteiger partial charge is 0.460 e. The normalized spacial score (nSPS) is 10.8. The standard InChI is InChI=1S/C7H8F2O/c1-3-4-7(9)6(2)10-5-8/h3-4H,1-2,5H2/b7-4+. The van der Waals surface area contributed by atoms with Gasteiger partial charge in [-0.25, -0.2) is 8.78 Å². The number of hydrogen-bond acceptors (Lipinski definition) is 1. The molecule has 0 amide bonds. The van der Waals surface area contributed by atoms with Crippen LogP contribution in [-0.2, 0) is 4.74 Å². The van der Waals surface area contributed by atoms with E-state index in [2.05, 4.69) is 17.9 Å². The van der Waals surface area contributed by atoms with Crippen LogP contribution < -0.4 is 0 Å². The molecule has 56 valence electrons. The summed E-state index contributed by atoms with van der Waals surface area (Å²) in [5.41, 5.74) is 0. The Morgan fingerprint density at radius 3 is 2.60 bits per heavy atom. The zero-order valence-electron chi connectivity index (χ0n) is 5.44. The van der Waals surface area contributed by atoms with Crippen molar-refractivity contribution in [1.82, 2.24) is 0 Å². The smallest absolute Gasteiger partial charge is 0.228 e. The minimum absolute atomic E-state index is 0.317. The van der Waals surface area contributed by atoms with Gasteiger partial charge in [0.05, 0.1) is 0 Å². The Morgan fingerprint density at radius 1 is 1.60 bits per heavy atom. The molecule has 0 aromatic rings. The Kier molecular flexibility index (Phi) is 4.20. The van der Waals surface area contributed by atoms with Crippen molar-refractivity contribution in [2.75, 3.05) is 6.86 Å². The second kappa shape index (κ2) is 4.73. The molecule has 0 saturated carbocycles. The molecule has 0 radical (unpaired) electrons. The van der Waals surface area contributed by atoms with Crippen LogP contribution in [0.25, 0.3) is 0 Å². The number of ether oxygens (including phenoxy) is 1. The predicted octanol–water partition coefficient (Wildman–Crippen LogP) is 2.48. The van der Waals surface area contributed by atoms with Crippen LogP contribution in [-0.4, -0.2) is 6.86 Å². The Balaban J connectivity index is 3.93. The molecule has 0 bridgehead atoms. The quantitative estimate of drug-likeness (QED) is 0.437.